The van der Waals surface area contributed by atoms with Crippen LogP contribution in [0.25, 0.3) is 0 Å². The third kappa shape index (κ3) is 5.20. The SMILES string of the molecule is CC(N)Cc1ccc(OCCC(C)(C)C#N)cc1. The van der Waals surface area contributed by atoms with Gasteiger partial charge in [-0.25, -0.2) is 0 Å². The van der Waals surface area contributed by atoms with Crippen LogP contribution >= 0.6 is 0 Å². The Morgan fingerprint density at radius 2 is 1.94 bits per heavy atom. The van der Waals surface area contributed by atoms with Crippen LogP contribution in [-0.2, 0) is 6.42 Å². The molecule has 0 fully saturated rings. The van der Waals surface area contributed by atoms with Gasteiger partial charge in [-0.2, -0.15) is 5.26 Å². The smallest absolute Gasteiger partial charge is 0.119 e. The lowest BCUT2D eigenvalue weighted by atomic mass is 9.92. The van der Waals surface area contributed by atoms with Crippen LogP contribution in [0.15, 0.2) is 24.3 Å². The second-order valence-electron chi connectivity index (χ2n) is 5.42. The fourth-order valence-corrected chi connectivity index (χ4v) is 1.57. The predicted molar refractivity (Wildman–Crippen MR) is 73.3 cm³/mol. The Bertz CT molecular complexity index is 401. The summed E-state index contributed by atoms with van der Waals surface area (Å²) in [5, 5.41) is 8.89. The van der Waals surface area contributed by atoms with Crippen LogP contribution < -0.4 is 10.5 Å². The molecule has 0 bridgehead atoms. The van der Waals surface area contributed by atoms with Gasteiger partial charge in [-0.1, -0.05) is 12.1 Å². The van der Waals surface area contributed by atoms with E-state index in [0.717, 1.165) is 18.6 Å². The van der Waals surface area contributed by atoms with Gasteiger partial charge < -0.3 is 10.5 Å². The molecule has 3 heteroatoms. The normalized spacial score (nSPS) is 12.8. The molecule has 18 heavy (non-hydrogen) atoms. The van der Waals surface area contributed by atoms with Crippen LogP contribution in [0, 0.1) is 16.7 Å². The summed E-state index contributed by atoms with van der Waals surface area (Å²) in [6, 6.07) is 10.4. The zero-order valence-electron chi connectivity index (χ0n) is 11.4. The average molecular weight is 246 g/mol. The van der Waals surface area contributed by atoms with Gasteiger partial charge in [0.05, 0.1) is 18.1 Å². The highest BCUT2D eigenvalue weighted by Gasteiger charge is 2.16. The summed E-state index contributed by atoms with van der Waals surface area (Å²) in [6.07, 6.45) is 1.60. The fraction of sp³-hybridized carbons (Fsp3) is 0.533. The lowest BCUT2D eigenvalue weighted by Crippen LogP contribution is -2.17. The zero-order valence-corrected chi connectivity index (χ0v) is 11.4. The van der Waals surface area contributed by atoms with Crippen LogP contribution in [0.2, 0.25) is 0 Å². The van der Waals surface area contributed by atoms with Gasteiger partial charge in [0.25, 0.3) is 0 Å². The second kappa shape index (κ2) is 6.42. The summed E-state index contributed by atoms with van der Waals surface area (Å²) in [5.74, 6) is 0.845. The van der Waals surface area contributed by atoms with Crippen LogP contribution in [0.3, 0.4) is 0 Å². The van der Waals surface area contributed by atoms with E-state index < -0.39 is 0 Å². The van der Waals surface area contributed by atoms with Gasteiger partial charge in [0, 0.05) is 6.04 Å². The van der Waals surface area contributed by atoms with Crippen molar-refractivity contribution in [2.45, 2.75) is 39.7 Å². The van der Waals surface area contributed by atoms with Crippen LogP contribution in [-0.4, -0.2) is 12.6 Å². The minimum atomic E-state index is -0.324. The summed E-state index contributed by atoms with van der Waals surface area (Å²) >= 11 is 0. The average Bonchev–Trinajstić information content (AvgIpc) is 2.30. The van der Waals surface area contributed by atoms with Crippen molar-refractivity contribution in [1.82, 2.24) is 0 Å². The molecule has 1 atom stereocenters. The first-order chi connectivity index (χ1) is 8.43. The van der Waals surface area contributed by atoms with Crippen molar-refractivity contribution >= 4 is 0 Å². The maximum atomic E-state index is 8.89. The number of ether oxygens (including phenoxy) is 1. The molecular formula is C15H22N2O. The Morgan fingerprint density at radius 1 is 1.33 bits per heavy atom. The number of hydrogen-bond acceptors (Lipinski definition) is 3. The molecule has 0 saturated heterocycles. The molecule has 0 aliphatic carbocycles. The molecule has 1 aromatic carbocycles. The van der Waals surface area contributed by atoms with Gasteiger partial charge in [0.2, 0.25) is 0 Å². The minimum absolute atomic E-state index is 0.174. The van der Waals surface area contributed by atoms with E-state index in [-0.39, 0.29) is 11.5 Å². The highest BCUT2D eigenvalue weighted by molar-refractivity contribution is 5.27. The van der Waals surface area contributed by atoms with E-state index in [1.165, 1.54) is 5.56 Å². The van der Waals surface area contributed by atoms with Crippen molar-refractivity contribution in [1.29, 1.82) is 5.26 Å². The number of hydrogen-bond donors (Lipinski definition) is 1. The maximum Gasteiger partial charge on any atom is 0.119 e. The van der Waals surface area contributed by atoms with E-state index in [1.807, 2.05) is 45.0 Å². The Hall–Kier alpha value is -1.53. The lowest BCUT2D eigenvalue weighted by molar-refractivity contribution is 0.264. The van der Waals surface area contributed by atoms with E-state index >= 15 is 0 Å². The number of nitrogens with zero attached hydrogens (tertiary/aromatic N) is 1. The Morgan fingerprint density at radius 3 is 2.44 bits per heavy atom. The van der Waals surface area contributed by atoms with E-state index in [0.29, 0.717) is 6.61 Å². The summed E-state index contributed by atoms with van der Waals surface area (Å²) in [4.78, 5) is 0. The molecule has 1 unspecified atom stereocenters. The van der Waals surface area contributed by atoms with Crippen molar-refractivity contribution in [2.24, 2.45) is 11.1 Å². The molecule has 98 valence electrons. The molecule has 0 spiro atoms. The molecule has 0 aliphatic rings. The Kier molecular flexibility index (Phi) is 5.18. The third-order valence-corrected chi connectivity index (χ3v) is 2.78. The Balaban J connectivity index is 2.43. The molecule has 1 rings (SSSR count). The van der Waals surface area contributed by atoms with Crippen molar-refractivity contribution < 1.29 is 4.74 Å². The third-order valence-electron chi connectivity index (χ3n) is 2.78. The largest absolute Gasteiger partial charge is 0.494 e. The van der Waals surface area contributed by atoms with E-state index in [4.69, 9.17) is 15.7 Å². The maximum absolute atomic E-state index is 8.89. The lowest BCUT2D eigenvalue weighted by Gasteiger charge is -2.15. The first-order valence-electron chi connectivity index (χ1n) is 6.31. The zero-order chi connectivity index (χ0) is 13.6. The first-order valence-corrected chi connectivity index (χ1v) is 6.31. The predicted octanol–water partition coefficient (Wildman–Crippen LogP) is 2.89. The van der Waals surface area contributed by atoms with Gasteiger partial charge >= 0.3 is 0 Å². The number of nitrogens with two attached hydrogens (primary N) is 1. The number of rotatable bonds is 6. The molecule has 0 radical (unpaired) electrons. The first kappa shape index (κ1) is 14.5. The molecule has 0 aliphatic heterocycles. The number of nitriles is 1. The standard InChI is InChI=1S/C15H22N2O/c1-12(17)10-13-4-6-14(7-5-13)18-9-8-15(2,3)11-16/h4-7,12H,8-10,17H2,1-3H3. The summed E-state index contributed by atoms with van der Waals surface area (Å²) in [7, 11) is 0. The van der Waals surface area contributed by atoms with Crippen LogP contribution in [0.1, 0.15) is 32.8 Å². The van der Waals surface area contributed by atoms with Crippen LogP contribution in [0.4, 0.5) is 0 Å². The molecule has 1 aromatic rings. The van der Waals surface area contributed by atoms with Crippen molar-refractivity contribution in [3.05, 3.63) is 29.8 Å². The highest BCUT2D eigenvalue weighted by Crippen LogP contribution is 2.20. The monoisotopic (exact) mass is 246 g/mol. The molecule has 0 aromatic heterocycles. The van der Waals surface area contributed by atoms with Gasteiger partial charge in [-0.3, -0.25) is 0 Å². The van der Waals surface area contributed by atoms with Gasteiger partial charge in [-0.05, 0) is 51.3 Å². The molecule has 3 nitrogen and oxygen atoms in total. The van der Waals surface area contributed by atoms with E-state index in [9.17, 15) is 0 Å². The second-order valence-corrected chi connectivity index (χ2v) is 5.42. The van der Waals surface area contributed by atoms with Gasteiger partial charge in [0.1, 0.15) is 5.75 Å². The van der Waals surface area contributed by atoms with E-state index in [1.54, 1.807) is 0 Å². The van der Waals surface area contributed by atoms with Crippen molar-refractivity contribution in [3.63, 3.8) is 0 Å². The molecule has 0 amide bonds. The fourth-order valence-electron chi connectivity index (χ4n) is 1.57. The molecule has 0 heterocycles. The summed E-state index contributed by atoms with van der Waals surface area (Å²) < 4.78 is 5.62. The molecule has 2 N–H and O–H groups in total. The topological polar surface area (TPSA) is 59.0 Å². The summed E-state index contributed by atoms with van der Waals surface area (Å²) in [6.45, 7) is 6.39. The summed E-state index contributed by atoms with van der Waals surface area (Å²) in [5.41, 5.74) is 6.64. The van der Waals surface area contributed by atoms with Gasteiger partial charge in [-0.15, -0.1) is 0 Å². The highest BCUT2D eigenvalue weighted by atomic mass is 16.5. The molecular weight excluding hydrogens is 224 g/mol. The molecule has 0 saturated carbocycles. The van der Waals surface area contributed by atoms with Crippen molar-refractivity contribution in [2.75, 3.05) is 6.61 Å². The minimum Gasteiger partial charge on any atom is -0.494 e. The Labute approximate surface area is 110 Å². The van der Waals surface area contributed by atoms with E-state index in [2.05, 4.69) is 6.07 Å². The quantitative estimate of drug-likeness (QED) is 0.839. The number of benzene rings is 1. The van der Waals surface area contributed by atoms with Crippen molar-refractivity contribution in [3.8, 4) is 11.8 Å². The van der Waals surface area contributed by atoms with Gasteiger partial charge in [0.15, 0.2) is 0 Å². The van der Waals surface area contributed by atoms with Crippen LogP contribution in [0.5, 0.6) is 5.75 Å².